The molecule has 1 saturated heterocycles. The normalized spacial score (nSPS) is 41.8. The van der Waals surface area contributed by atoms with E-state index in [9.17, 15) is 4.79 Å². The fourth-order valence-electron chi connectivity index (χ4n) is 2.00. The van der Waals surface area contributed by atoms with E-state index in [0.29, 0.717) is 0 Å². The van der Waals surface area contributed by atoms with Crippen molar-refractivity contribution in [3.05, 3.63) is 12.2 Å². The van der Waals surface area contributed by atoms with Gasteiger partial charge in [-0.1, -0.05) is 12.2 Å². The van der Waals surface area contributed by atoms with Crippen molar-refractivity contribution in [3.8, 4) is 0 Å². The summed E-state index contributed by atoms with van der Waals surface area (Å²) in [7, 11) is 0. The van der Waals surface area contributed by atoms with Gasteiger partial charge in [0.15, 0.2) is 6.29 Å². The van der Waals surface area contributed by atoms with Crippen molar-refractivity contribution in [1.82, 2.24) is 0 Å². The van der Waals surface area contributed by atoms with E-state index in [-0.39, 0.29) is 0 Å². The largest absolute Gasteiger partial charge is 0.481 e. The maximum Gasteiger partial charge on any atom is 0.310 e. The summed E-state index contributed by atoms with van der Waals surface area (Å²) in [4.78, 5) is 10.8. The summed E-state index contributed by atoms with van der Waals surface area (Å²) in [6.45, 7) is 0. The van der Waals surface area contributed by atoms with Crippen LogP contribution in [0.3, 0.4) is 0 Å². The lowest BCUT2D eigenvalue weighted by Crippen LogP contribution is -2.38. The highest BCUT2D eigenvalue weighted by Crippen LogP contribution is 2.40. The number of carbonyl (C=O) groups is 1. The van der Waals surface area contributed by atoms with Crippen molar-refractivity contribution in [2.24, 2.45) is 11.8 Å². The quantitative estimate of drug-likeness (QED) is 0.378. The third-order valence-corrected chi connectivity index (χ3v) is 2.58. The molecule has 4 unspecified atom stereocenters. The zero-order chi connectivity index (χ0) is 9.59. The van der Waals surface area contributed by atoms with Crippen molar-refractivity contribution >= 4 is 5.97 Å². The van der Waals surface area contributed by atoms with Crippen LogP contribution in [0.2, 0.25) is 0 Å². The Labute approximate surface area is 74.3 Å². The number of aliphatic hydroxyl groups excluding tert-OH is 1. The Morgan fingerprint density at radius 3 is 2.38 bits per heavy atom. The van der Waals surface area contributed by atoms with Gasteiger partial charge in [-0.2, -0.15) is 0 Å². The van der Waals surface area contributed by atoms with E-state index in [1.807, 2.05) is 0 Å². The zero-order valence-electron chi connectivity index (χ0n) is 6.70. The second kappa shape index (κ2) is 2.80. The van der Waals surface area contributed by atoms with Crippen LogP contribution in [0, 0.1) is 11.8 Å². The first-order valence-corrected chi connectivity index (χ1v) is 4.04. The maximum atomic E-state index is 10.8. The van der Waals surface area contributed by atoms with E-state index < -0.39 is 36.3 Å². The molecule has 5 nitrogen and oxygen atoms in total. The van der Waals surface area contributed by atoms with E-state index >= 15 is 0 Å². The molecular weight excluding hydrogens is 176 g/mol. The van der Waals surface area contributed by atoms with Crippen molar-refractivity contribution < 1.29 is 24.9 Å². The summed E-state index contributed by atoms with van der Waals surface area (Å²) in [5, 5.41) is 26.8. The lowest BCUT2D eigenvalue weighted by atomic mass is 9.83. The van der Waals surface area contributed by atoms with Gasteiger partial charge in [-0.15, -0.1) is 0 Å². The van der Waals surface area contributed by atoms with Crippen LogP contribution < -0.4 is 0 Å². The predicted octanol–water partition coefficient (Wildman–Crippen LogP) is -1.05. The smallest absolute Gasteiger partial charge is 0.310 e. The molecule has 5 heteroatoms. The van der Waals surface area contributed by atoms with Gasteiger partial charge < -0.3 is 20.1 Å². The van der Waals surface area contributed by atoms with Gasteiger partial charge in [0.2, 0.25) is 0 Å². The highest BCUT2D eigenvalue weighted by molar-refractivity contribution is 5.72. The molecule has 0 radical (unpaired) electrons. The summed E-state index contributed by atoms with van der Waals surface area (Å²) in [5.41, 5.74) is 0. The Morgan fingerprint density at radius 2 is 1.92 bits per heavy atom. The van der Waals surface area contributed by atoms with Gasteiger partial charge in [-0.05, 0) is 0 Å². The van der Waals surface area contributed by atoms with Gasteiger partial charge in [0, 0.05) is 0 Å². The van der Waals surface area contributed by atoms with Gasteiger partial charge >= 0.3 is 5.97 Å². The fourth-order valence-corrected chi connectivity index (χ4v) is 2.00. The average molecular weight is 186 g/mol. The third-order valence-electron chi connectivity index (χ3n) is 2.58. The molecule has 72 valence electrons. The van der Waals surface area contributed by atoms with Crippen LogP contribution in [0.4, 0.5) is 0 Å². The molecule has 2 rings (SSSR count). The molecule has 1 fully saturated rings. The van der Waals surface area contributed by atoms with Crippen LogP contribution in [0.5, 0.6) is 0 Å². The number of ether oxygens (including phenoxy) is 1. The minimum absolute atomic E-state index is 0.467. The Balaban J connectivity index is 2.25. The standard InChI is InChI=1S/C8H10O5/c9-7(10)5-3-1-2-4(13-3)6(5)8(11)12/h1-7,9-10H,(H,11,12). The first-order chi connectivity index (χ1) is 6.11. The van der Waals surface area contributed by atoms with E-state index in [1.54, 1.807) is 12.2 Å². The number of carboxylic acids is 1. The molecule has 13 heavy (non-hydrogen) atoms. The van der Waals surface area contributed by atoms with Crippen LogP contribution in [0.1, 0.15) is 0 Å². The molecule has 0 aromatic rings. The first-order valence-electron chi connectivity index (χ1n) is 4.04. The highest BCUT2D eigenvalue weighted by Gasteiger charge is 2.52. The van der Waals surface area contributed by atoms with Gasteiger partial charge in [0.1, 0.15) is 0 Å². The molecule has 0 aromatic carbocycles. The van der Waals surface area contributed by atoms with Crippen LogP contribution in [-0.2, 0) is 9.53 Å². The zero-order valence-corrected chi connectivity index (χ0v) is 6.70. The molecule has 0 aromatic heterocycles. The lowest BCUT2D eigenvalue weighted by molar-refractivity contribution is -0.152. The van der Waals surface area contributed by atoms with E-state index in [4.69, 9.17) is 20.1 Å². The van der Waals surface area contributed by atoms with E-state index in [1.165, 1.54) is 0 Å². The number of aliphatic hydroxyl groups is 2. The van der Waals surface area contributed by atoms with Gasteiger partial charge in [0.05, 0.1) is 24.0 Å². The van der Waals surface area contributed by atoms with Crippen molar-refractivity contribution in [3.63, 3.8) is 0 Å². The van der Waals surface area contributed by atoms with Gasteiger partial charge in [-0.3, -0.25) is 4.79 Å². The molecule has 2 aliphatic heterocycles. The molecule has 0 amide bonds. The molecule has 2 heterocycles. The number of carboxylic acid groups (broad SMARTS) is 1. The Kier molecular flexibility index (Phi) is 1.87. The molecule has 2 bridgehead atoms. The Bertz CT molecular complexity index is 259. The predicted molar refractivity (Wildman–Crippen MR) is 40.6 cm³/mol. The van der Waals surface area contributed by atoms with Crippen molar-refractivity contribution in [1.29, 1.82) is 0 Å². The molecule has 4 atom stereocenters. The SMILES string of the molecule is O=C(O)C1C2C=CC(O2)C1C(O)O. The monoisotopic (exact) mass is 186 g/mol. The minimum Gasteiger partial charge on any atom is -0.481 e. The Hall–Kier alpha value is -0.910. The number of hydrogen-bond acceptors (Lipinski definition) is 4. The second-order valence-electron chi connectivity index (χ2n) is 3.31. The molecule has 2 aliphatic rings. The van der Waals surface area contributed by atoms with Crippen LogP contribution >= 0.6 is 0 Å². The molecular formula is C8H10O5. The average Bonchev–Trinajstić information content (AvgIpc) is 2.60. The van der Waals surface area contributed by atoms with Crippen LogP contribution in [-0.4, -0.2) is 39.8 Å². The third kappa shape index (κ3) is 1.16. The summed E-state index contributed by atoms with van der Waals surface area (Å²) >= 11 is 0. The summed E-state index contributed by atoms with van der Waals surface area (Å²) in [6, 6.07) is 0. The maximum absolute atomic E-state index is 10.8. The van der Waals surface area contributed by atoms with E-state index in [0.717, 1.165) is 0 Å². The number of aliphatic carboxylic acids is 1. The number of fused-ring (bicyclic) bond motifs is 2. The number of rotatable bonds is 2. The fraction of sp³-hybridized carbons (Fsp3) is 0.625. The van der Waals surface area contributed by atoms with E-state index in [2.05, 4.69) is 0 Å². The number of hydrogen-bond donors (Lipinski definition) is 3. The Morgan fingerprint density at radius 1 is 1.31 bits per heavy atom. The van der Waals surface area contributed by atoms with Crippen LogP contribution in [0.25, 0.3) is 0 Å². The molecule has 0 saturated carbocycles. The summed E-state index contributed by atoms with van der Waals surface area (Å²) in [6.07, 6.45) is 0.720. The lowest BCUT2D eigenvalue weighted by Gasteiger charge is -2.22. The molecule has 0 aliphatic carbocycles. The van der Waals surface area contributed by atoms with Crippen LogP contribution in [0.15, 0.2) is 12.2 Å². The molecule has 3 N–H and O–H groups in total. The topological polar surface area (TPSA) is 87.0 Å². The van der Waals surface area contributed by atoms with Crippen molar-refractivity contribution in [2.75, 3.05) is 0 Å². The minimum atomic E-state index is -1.64. The van der Waals surface area contributed by atoms with Crippen molar-refractivity contribution in [2.45, 2.75) is 18.5 Å². The van der Waals surface area contributed by atoms with Gasteiger partial charge in [0.25, 0.3) is 0 Å². The summed E-state index contributed by atoms with van der Waals surface area (Å²) in [5.74, 6) is -2.63. The van der Waals surface area contributed by atoms with Gasteiger partial charge in [-0.25, -0.2) is 0 Å². The highest BCUT2D eigenvalue weighted by atomic mass is 16.5. The first kappa shape index (κ1) is 8.68. The second-order valence-corrected chi connectivity index (χ2v) is 3.31. The molecule has 0 spiro atoms. The summed E-state index contributed by atoms with van der Waals surface area (Å²) < 4.78 is 5.21.